The quantitative estimate of drug-likeness (QED) is 0.129. The molecule has 6 N–H and O–H groups in total. The first-order valence-electron chi connectivity index (χ1n) is 15.6. The normalized spacial score (nSPS) is 12.8. The molecular formula is C38H45N3O5. The zero-order valence-corrected chi connectivity index (χ0v) is 26.8. The van der Waals surface area contributed by atoms with Crippen LogP contribution in [0.3, 0.4) is 0 Å². The second-order valence-corrected chi connectivity index (χ2v) is 12.6. The van der Waals surface area contributed by atoms with Crippen molar-refractivity contribution in [2.45, 2.75) is 70.9 Å². The van der Waals surface area contributed by atoms with Gasteiger partial charge in [-0.1, -0.05) is 72.8 Å². The van der Waals surface area contributed by atoms with E-state index in [4.69, 9.17) is 5.73 Å². The standard InChI is InChI=1S/C38H45N3O5/c1-26(40-23-35(44)32-16-17-34(43)33(21-32)25-42)18-29-10-7-11-30(19-29)20-36(45)41(24-28-12-14-31(15-13-28)37(39)46)38(2,3)22-27-8-5-4-6-9-27/h4-17,19,21,26,35,40,42-44H,18,20,22-25H2,1-3H3,(H2,39,46)/t26-,35+/m1/s1. The van der Waals surface area contributed by atoms with Crippen molar-refractivity contribution in [2.24, 2.45) is 5.73 Å². The molecule has 2 amide bonds. The predicted octanol–water partition coefficient (Wildman–Crippen LogP) is 4.83. The number of hydrogen-bond donors (Lipinski definition) is 5. The zero-order valence-electron chi connectivity index (χ0n) is 26.8. The molecule has 0 unspecified atom stereocenters. The van der Waals surface area contributed by atoms with E-state index in [0.717, 1.165) is 22.3 Å². The number of carbonyl (C=O) groups is 2. The Morgan fingerprint density at radius 3 is 2.22 bits per heavy atom. The highest BCUT2D eigenvalue weighted by atomic mass is 16.3. The van der Waals surface area contributed by atoms with Crippen molar-refractivity contribution in [3.8, 4) is 5.75 Å². The van der Waals surface area contributed by atoms with Crippen LogP contribution in [0.15, 0.2) is 97.1 Å². The molecule has 0 aliphatic carbocycles. The van der Waals surface area contributed by atoms with E-state index in [1.807, 2.05) is 60.4 Å². The van der Waals surface area contributed by atoms with Gasteiger partial charge in [-0.2, -0.15) is 0 Å². The summed E-state index contributed by atoms with van der Waals surface area (Å²) in [4.78, 5) is 27.5. The first kappa shape index (κ1) is 34.4. The van der Waals surface area contributed by atoms with E-state index < -0.39 is 17.6 Å². The maximum Gasteiger partial charge on any atom is 0.248 e. The van der Waals surface area contributed by atoms with E-state index in [-0.39, 0.29) is 30.7 Å². The van der Waals surface area contributed by atoms with Crippen LogP contribution >= 0.6 is 0 Å². The van der Waals surface area contributed by atoms with Crippen LogP contribution in [-0.4, -0.2) is 50.2 Å². The van der Waals surface area contributed by atoms with E-state index in [1.165, 1.54) is 6.07 Å². The third-order valence-corrected chi connectivity index (χ3v) is 8.30. The Bertz CT molecular complexity index is 1600. The second-order valence-electron chi connectivity index (χ2n) is 12.6. The van der Waals surface area contributed by atoms with Crippen molar-refractivity contribution >= 4 is 11.8 Å². The molecule has 4 rings (SSSR count). The van der Waals surface area contributed by atoms with Crippen LogP contribution in [0, 0.1) is 0 Å². The smallest absolute Gasteiger partial charge is 0.248 e. The summed E-state index contributed by atoms with van der Waals surface area (Å²) in [5.41, 5.74) is 10.4. The highest BCUT2D eigenvalue weighted by Crippen LogP contribution is 2.26. The van der Waals surface area contributed by atoms with Crippen molar-refractivity contribution in [3.05, 3.63) is 136 Å². The summed E-state index contributed by atoms with van der Waals surface area (Å²) in [6, 6.07) is 30.0. The van der Waals surface area contributed by atoms with Crippen molar-refractivity contribution in [1.29, 1.82) is 0 Å². The molecule has 4 aromatic carbocycles. The van der Waals surface area contributed by atoms with Crippen molar-refractivity contribution in [2.75, 3.05) is 6.54 Å². The number of hydrogen-bond acceptors (Lipinski definition) is 6. The molecule has 0 fully saturated rings. The Kier molecular flexibility index (Phi) is 11.7. The third kappa shape index (κ3) is 9.50. The first-order valence-corrected chi connectivity index (χ1v) is 15.6. The number of nitrogens with one attached hydrogen (secondary N) is 1. The maximum absolute atomic E-state index is 14.0. The Balaban J connectivity index is 1.44. The number of phenols is 1. The van der Waals surface area contributed by atoms with E-state index in [9.17, 15) is 24.9 Å². The Morgan fingerprint density at radius 1 is 0.870 bits per heavy atom. The summed E-state index contributed by atoms with van der Waals surface area (Å²) < 4.78 is 0. The predicted molar refractivity (Wildman–Crippen MR) is 180 cm³/mol. The number of nitrogens with zero attached hydrogens (tertiary/aromatic N) is 1. The molecule has 242 valence electrons. The summed E-state index contributed by atoms with van der Waals surface area (Å²) in [6.07, 6.45) is 0.815. The molecular weight excluding hydrogens is 578 g/mol. The molecule has 0 radical (unpaired) electrons. The number of primary amides is 1. The van der Waals surface area contributed by atoms with E-state index in [1.54, 1.807) is 24.3 Å². The fraction of sp³-hybridized carbons (Fsp3) is 0.316. The van der Waals surface area contributed by atoms with Crippen LogP contribution in [-0.2, 0) is 37.2 Å². The van der Waals surface area contributed by atoms with E-state index in [0.29, 0.717) is 42.6 Å². The number of carbonyl (C=O) groups excluding carboxylic acids is 2. The van der Waals surface area contributed by atoms with Crippen LogP contribution in [0.2, 0.25) is 0 Å². The van der Waals surface area contributed by atoms with Gasteiger partial charge >= 0.3 is 0 Å². The largest absolute Gasteiger partial charge is 0.508 e. The van der Waals surface area contributed by atoms with Crippen LogP contribution in [0.5, 0.6) is 5.75 Å². The molecule has 0 spiro atoms. The molecule has 2 atom stereocenters. The molecule has 8 nitrogen and oxygen atoms in total. The monoisotopic (exact) mass is 623 g/mol. The summed E-state index contributed by atoms with van der Waals surface area (Å²) in [5.74, 6) is -0.485. The lowest BCUT2D eigenvalue weighted by molar-refractivity contribution is -0.136. The third-order valence-electron chi connectivity index (χ3n) is 8.30. The zero-order chi connectivity index (χ0) is 33.3. The lowest BCUT2D eigenvalue weighted by atomic mass is 9.91. The van der Waals surface area contributed by atoms with Crippen molar-refractivity contribution in [3.63, 3.8) is 0 Å². The van der Waals surface area contributed by atoms with Crippen LogP contribution in [0.4, 0.5) is 0 Å². The van der Waals surface area contributed by atoms with Crippen LogP contribution < -0.4 is 11.1 Å². The van der Waals surface area contributed by atoms with Crippen LogP contribution in [0.1, 0.15) is 70.6 Å². The molecule has 0 saturated heterocycles. The Labute approximate surface area is 271 Å². The minimum absolute atomic E-state index is 0.000113. The van der Waals surface area contributed by atoms with E-state index >= 15 is 0 Å². The second kappa shape index (κ2) is 15.7. The number of aliphatic hydroxyl groups excluding tert-OH is 2. The average Bonchev–Trinajstić information content (AvgIpc) is 3.03. The van der Waals surface area contributed by atoms with Gasteiger partial charge in [-0.3, -0.25) is 9.59 Å². The molecule has 0 saturated carbocycles. The first-order chi connectivity index (χ1) is 21.9. The highest BCUT2D eigenvalue weighted by molar-refractivity contribution is 5.92. The van der Waals surface area contributed by atoms with Gasteiger partial charge in [0.1, 0.15) is 5.75 Å². The number of benzene rings is 4. The lowest BCUT2D eigenvalue weighted by Crippen LogP contribution is -2.49. The van der Waals surface area contributed by atoms with Gasteiger partial charge in [-0.15, -0.1) is 0 Å². The SMILES string of the molecule is C[C@H](Cc1cccc(CC(=O)N(Cc2ccc(C(N)=O)cc2)C(C)(C)Cc2ccccc2)c1)NC[C@H](O)c1ccc(O)c(CO)c1. The van der Waals surface area contributed by atoms with Gasteiger partial charge in [0.2, 0.25) is 11.8 Å². The highest BCUT2D eigenvalue weighted by Gasteiger charge is 2.31. The number of aromatic hydroxyl groups is 1. The number of rotatable bonds is 15. The lowest BCUT2D eigenvalue weighted by Gasteiger charge is -2.39. The number of amides is 2. The minimum atomic E-state index is -0.797. The van der Waals surface area contributed by atoms with Gasteiger partial charge in [-0.25, -0.2) is 0 Å². The van der Waals surface area contributed by atoms with Crippen LogP contribution in [0.25, 0.3) is 0 Å². The van der Waals surface area contributed by atoms with Gasteiger partial charge in [0.25, 0.3) is 0 Å². The average molecular weight is 624 g/mol. The van der Waals surface area contributed by atoms with Crippen molar-refractivity contribution in [1.82, 2.24) is 10.2 Å². The molecule has 8 heteroatoms. The molecule has 0 aliphatic heterocycles. The summed E-state index contributed by atoms with van der Waals surface area (Å²) >= 11 is 0. The molecule has 46 heavy (non-hydrogen) atoms. The molecule has 0 aromatic heterocycles. The van der Waals surface area contributed by atoms with Crippen molar-refractivity contribution < 1.29 is 24.9 Å². The summed E-state index contributed by atoms with van der Waals surface area (Å²) in [7, 11) is 0. The fourth-order valence-electron chi connectivity index (χ4n) is 5.72. The molecule has 0 aliphatic rings. The Hall–Kier alpha value is -4.50. The minimum Gasteiger partial charge on any atom is -0.508 e. The summed E-state index contributed by atoms with van der Waals surface area (Å²) in [5, 5.41) is 33.2. The van der Waals surface area contributed by atoms with Gasteiger partial charge in [0.05, 0.1) is 19.1 Å². The number of aliphatic hydroxyl groups is 2. The Morgan fingerprint density at radius 2 is 1.54 bits per heavy atom. The maximum atomic E-state index is 14.0. The molecule has 4 aromatic rings. The van der Waals surface area contributed by atoms with Gasteiger partial charge < -0.3 is 31.3 Å². The van der Waals surface area contributed by atoms with Gasteiger partial charge in [0, 0.05) is 35.8 Å². The fourth-order valence-corrected chi connectivity index (χ4v) is 5.72. The molecule has 0 heterocycles. The van der Waals surface area contributed by atoms with E-state index in [2.05, 4.69) is 37.4 Å². The number of nitrogens with two attached hydrogens (primary N) is 1. The van der Waals surface area contributed by atoms with Gasteiger partial charge in [0.15, 0.2) is 0 Å². The van der Waals surface area contributed by atoms with Gasteiger partial charge in [-0.05, 0) is 85.7 Å². The summed E-state index contributed by atoms with van der Waals surface area (Å²) in [6.45, 7) is 6.59. The molecule has 0 bridgehead atoms. The topological polar surface area (TPSA) is 136 Å².